The van der Waals surface area contributed by atoms with Gasteiger partial charge in [0.25, 0.3) is 0 Å². The largest absolute Gasteiger partial charge is 0.310 e. The van der Waals surface area contributed by atoms with E-state index >= 15 is 0 Å². The first-order chi connectivity index (χ1) is 26.9. The van der Waals surface area contributed by atoms with Gasteiger partial charge in [0.05, 0.1) is 0 Å². The number of rotatable bonds is 9. The third-order valence-corrected chi connectivity index (χ3v) is 11.4. The molecule has 0 spiro atoms. The molecule has 0 amide bonds. The van der Waals surface area contributed by atoms with E-state index in [9.17, 15) is 0 Å². The molecule has 1 nitrogen and oxygen atoms in total. The average Bonchev–Trinajstić information content (AvgIpc) is 3.22. The van der Waals surface area contributed by atoms with E-state index in [0.717, 1.165) is 36.3 Å². The Labute approximate surface area is 328 Å². The minimum Gasteiger partial charge on any atom is -0.310 e. The third kappa shape index (κ3) is 7.23. The number of hydrogen-bond donors (Lipinski definition) is 0. The second-order valence-electron chi connectivity index (χ2n) is 14.9. The van der Waals surface area contributed by atoms with E-state index in [4.69, 9.17) is 0 Å². The number of benzene rings is 7. The first-order valence-corrected chi connectivity index (χ1v) is 19.7. The first-order valence-electron chi connectivity index (χ1n) is 19.7. The molecule has 1 aliphatic rings. The van der Waals surface area contributed by atoms with Gasteiger partial charge in [-0.15, -0.1) is 0 Å². The molecule has 55 heavy (non-hydrogen) atoms. The van der Waals surface area contributed by atoms with E-state index in [1.807, 2.05) is 0 Å². The minimum atomic E-state index is 1.03. The highest BCUT2D eigenvalue weighted by atomic mass is 15.1. The summed E-state index contributed by atoms with van der Waals surface area (Å²) in [6.07, 6.45) is 5.59. The maximum atomic E-state index is 2.45. The highest BCUT2D eigenvalue weighted by Gasteiger charge is 2.20. The quantitative estimate of drug-likeness (QED) is 0.144. The Bertz CT molecular complexity index is 2550. The summed E-state index contributed by atoms with van der Waals surface area (Å²) in [4.78, 5) is 2.40. The maximum absolute atomic E-state index is 2.45. The monoisotopic (exact) mass is 711 g/mol. The Morgan fingerprint density at radius 2 is 1.04 bits per heavy atom. The molecule has 0 fully saturated rings. The minimum absolute atomic E-state index is 1.03. The molecule has 0 atom stereocenters. The molecule has 0 heterocycles. The van der Waals surface area contributed by atoms with Crippen LogP contribution in [0.2, 0.25) is 0 Å². The van der Waals surface area contributed by atoms with Gasteiger partial charge < -0.3 is 4.90 Å². The topological polar surface area (TPSA) is 3.24 Å². The fourth-order valence-electron chi connectivity index (χ4n) is 8.40. The summed E-state index contributed by atoms with van der Waals surface area (Å²) in [6, 6.07) is 60.2. The van der Waals surface area contributed by atoms with Gasteiger partial charge in [0.2, 0.25) is 0 Å². The summed E-state index contributed by atoms with van der Waals surface area (Å²) in [7, 11) is 0. The Balaban J connectivity index is 1.20. The predicted molar refractivity (Wildman–Crippen MR) is 237 cm³/mol. The van der Waals surface area contributed by atoms with E-state index < -0.39 is 0 Å². The number of aryl methyl sites for hydroxylation is 4. The molecule has 270 valence electrons. The van der Waals surface area contributed by atoms with Crippen molar-refractivity contribution >= 4 is 28.2 Å². The number of hydrogen-bond acceptors (Lipinski definition) is 1. The van der Waals surface area contributed by atoms with Crippen molar-refractivity contribution in [3.63, 3.8) is 0 Å². The zero-order valence-electron chi connectivity index (χ0n) is 32.7. The maximum Gasteiger partial charge on any atom is 0.0467 e. The molecule has 0 bridgehead atoms. The lowest BCUT2D eigenvalue weighted by molar-refractivity contribution is 1.03. The lowest BCUT2D eigenvalue weighted by Crippen LogP contribution is -2.10. The number of allylic oxidation sites excluding steroid dienone is 4. The van der Waals surface area contributed by atoms with Crippen LogP contribution in [-0.2, 0) is 6.42 Å². The van der Waals surface area contributed by atoms with Gasteiger partial charge in [-0.3, -0.25) is 0 Å². The predicted octanol–water partition coefficient (Wildman–Crippen LogP) is 15.3. The van der Waals surface area contributed by atoms with Crippen LogP contribution in [-0.4, -0.2) is 0 Å². The van der Waals surface area contributed by atoms with E-state index in [2.05, 4.69) is 209 Å². The normalized spacial score (nSPS) is 12.8. The van der Waals surface area contributed by atoms with Crippen LogP contribution < -0.4 is 4.90 Å². The molecular weight excluding hydrogens is 663 g/mol. The highest BCUT2D eigenvalue weighted by molar-refractivity contribution is 5.93. The van der Waals surface area contributed by atoms with E-state index in [0.29, 0.717) is 0 Å². The summed E-state index contributed by atoms with van der Waals surface area (Å²) < 4.78 is 0. The molecular formula is C54H49N. The summed E-state index contributed by atoms with van der Waals surface area (Å²) in [5.41, 5.74) is 23.1. The lowest BCUT2D eigenvalue weighted by Gasteiger charge is -2.27. The van der Waals surface area contributed by atoms with Gasteiger partial charge >= 0.3 is 0 Å². The van der Waals surface area contributed by atoms with Crippen LogP contribution in [0.3, 0.4) is 0 Å². The van der Waals surface area contributed by atoms with E-state index in [1.54, 1.807) is 0 Å². The number of anilines is 3. The van der Waals surface area contributed by atoms with Crippen LogP contribution in [0.15, 0.2) is 175 Å². The van der Waals surface area contributed by atoms with Gasteiger partial charge in [-0.1, -0.05) is 134 Å². The van der Waals surface area contributed by atoms with E-state index in [1.165, 1.54) is 83.5 Å². The molecule has 0 aliphatic heterocycles. The smallest absolute Gasteiger partial charge is 0.0467 e. The van der Waals surface area contributed by atoms with Gasteiger partial charge in [-0.2, -0.15) is 0 Å². The summed E-state index contributed by atoms with van der Waals surface area (Å²) >= 11 is 0. The van der Waals surface area contributed by atoms with Crippen molar-refractivity contribution in [1.82, 2.24) is 0 Å². The van der Waals surface area contributed by atoms with E-state index in [-0.39, 0.29) is 0 Å². The number of nitrogens with zero attached hydrogens (tertiary/aromatic N) is 1. The molecule has 7 aromatic rings. The van der Waals surface area contributed by atoms with Crippen LogP contribution in [0.1, 0.15) is 60.1 Å². The molecule has 1 aliphatic carbocycles. The van der Waals surface area contributed by atoms with Gasteiger partial charge in [-0.25, -0.2) is 0 Å². The molecule has 1 heteroatoms. The molecule has 0 aromatic heterocycles. The molecule has 0 radical (unpaired) electrons. The van der Waals surface area contributed by atoms with Crippen molar-refractivity contribution in [3.8, 4) is 33.4 Å². The van der Waals surface area contributed by atoms with Crippen LogP contribution in [0, 0.1) is 20.8 Å². The Hall–Kier alpha value is -6.18. The highest BCUT2D eigenvalue weighted by Crippen LogP contribution is 2.42. The van der Waals surface area contributed by atoms with Gasteiger partial charge in [-0.05, 0) is 173 Å². The van der Waals surface area contributed by atoms with Crippen LogP contribution >= 0.6 is 0 Å². The zero-order chi connectivity index (χ0) is 37.9. The van der Waals surface area contributed by atoms with Gasteiger partial charge in [0, 0.05) is 17.1 Å². The Morgan fingerprint density at radius 1 is 0.436 bits per heavy atom. The van der Waals surface area contributed by atoms with Crippen molar-refractivity contribution in [2.45, 2.75) is 53.9 Å². The first kappa shape index (κ1) is 35.8. The van der Waals surface area contributed by atoms with Crippen molar-refractivity contribution in [1.29, 1.82) is 0 Å². The molecule has 0 unspecified atom stereocenters. The second kappa shape index (κ2) is 15.7. The summed E-state index contributed by atoms with van der Waals surface area (Å²) in [5.74, 6) is 0. The van der Waals surface area contributed by atoms with Gasteiger partial charge in [0.1, 0.15) is 0 Å². The van der Waals surface area contributed by atoms with Crippen molar-refractivity contribution in [2.75, 3.05) is 4.90 Å². The van der Waals surface area contributed by atoms with Crippen molar-refractivity contribution in [2.24, 2.45) is 0 Å². The third-order valence-electron chi connectivity index (χ3n) is 11.4. The van der Waals surface area contributed by atoms with Crippen LogP contribution in [0.25, 0.3) is 44.5 Å². The summed E-state index contributed by atoms with van der Waals surface area (Å²) in [5, 5.41) is 0. The molecule has 0 saturated heterocycles. The Morgan fingerprint density at radius 3 is 1.80 bits per heavy atom. The van der Waals surface area contributed by atoms with Crippen LogP contribution in [0.4, 0.5) is 17.1 Å². The van der Waals surface area contributed by atoms with Crippen molar-refractivity contribution < 1.29 is 0 Å². The van der Waals surface area contributed by atoms with Crippen molar-refractivity contribution in [3.05, 3.63) is 209 Å². The average molecular weight is 712 g/mol. The molecule has 0 N–H and O–H groups in total. The Kier molecular flexibility index (Phi) is 10.2. The molecule has 7 aromatic carbocycles. The van der Waals surface area contributed by atoms with Gasteiger partial charge in [0.15, 0.2) is 0 Å². The lowest BCUT2D eigenvalue weighted by atomic mass is 9.81. The fourth-order valence-corrected chi connectivity index (χ4v) is 8.40. The zero-order valence-corrected chi connectivity index (χ0v) is 32.7. The van der Waals surface area contributed by atoms with Crippen LogP contribution in [0.5, 0.6) is 0 Å². The molecule has 0 saturated carbocycles. The summed E-state index contributed by atoms with van der Waals surface area (Å²) in [6.45, 7) is 11.3. The molecule has 8 rings (SSSR count). The SMILES string of the molecule is CCc1ccccc1C1=CCCC(c2cc(-c3cccc(N(c4ccc(-c5ccccc5)cc4)c4ccc(-c5ccccc5C)c(C)c4)c3)ccc2C)=C1C. The standard InChI is InChI=1S/C54H49N/c1-6-41-17-11-13-23-53(41)51-24-15-25-52(40(51)5)54-36-45(27-26-38(54)3)44-20-14-21-47(35-44)55(46-30-28-43(29-31-46)42-18-8-7-9-19-42)48-32-33-50(39(4)34-48)49-22-12-10-16-37(49)2/h7-14,16-24,26-36H,6,15,25H2,1-5H3. The second-order valence-corrected chi connectivity index (χ2v) is 14.9. The fraction of sp³-hybridized carbons (Fsp3) is 0.148.